The number of methoxy groups -OCH3 is 2. The summed E-state index contributed by atoms with van der Waals surface area (Å²) in [6, 6.07) is 61.0. The van der Waals surface area contributed by atoms with Gasteiger partial charge in [-0.1, -0.05) is 97.1 Å². The first-order valence-corrected chi connectivity index (χ1v) is 32.8. The number of hydroxylamine groups is 2. The molecule has 3 unspecified atom stereocenters. The third-order valence-electron chi connectivity index (χ3n) is 14.7. The van der Waals surface area contributed by atoms with E-state index in [9.17, 15) is 31.8 Å². The van der Waals surface area contributed by atoms with Gasteiger partial charge in [-0.25, -0.2) is 20.5 Å². The van der Waals surface area contributed by atoms with Crippen LogP contribution in [-0.4, -0.2) is 110 Å². The molecule has 4 N–H and O–H groups in total. The molecule has 8 aromatic carbocycles. The summed E-state index contributed by atoms with van der Waals surface area (Å²) in [5, 5.41) is 17.2. The molecule has 0 radical (unpaired) electrons. The zero-order valence-electron chi connectivity index (χ0n) is 48.0. The topological polar surface area (TPSA) is 215 Å². The van der Waals surface area contributed by atoms with Gasteiger partial charge in [-0.3, -0.25) is 32.6 Å². The lowest BCUT2D eigenvalue weighted by molar-refractivity contribution is 0.0592. The summed E-state index contributed by atoms with van der Waals surface area (Å²) >= 11 is 1.91. The number of carbonyl (C=O) groups excluding carboxylic acids is 4. The van der Waals surface area contributed by atoms with Crippen LogP contribution in [0.3, 0.4) is 0 Å². The summed E-state index contributed by atoms with van der Waals surface area (Å²) in [4.78, 5) is 58.5. The fourth-order valence-corrected chi connectivity index (χ4v) is 15.0. The van der Waals surface area contributed by atoms with Gasteiger partial charge in [0.05, 0.1) is 95.2 Å². The second kappa shape index (κ2) is 30.8. The third-order valence-corrected chi connectivity index (χ3v) is 19.9. The van der Waals surface area contributed by atoms with E-state index < -0.39 is 44.2 Å². The minimum Gasteiger partial charge on any atom is -0.465 e. The molecule has 0 saturated heterocycles. The van der Waals surface area contributed by atoms with Crippen molar-refractivity contribution in [2.75, 3.05) is 83.0 Å². The molecule has 0 bridgehead atoms. The van der Waals surface area contributed by atoms with Gasteiger partial charge in [0, 0.05) is 91.4 Å². The maximum absolute atomic E-state index is 12.1. The van der Waals surface area contributed by atoms with Gasteiger partial charge in [0.2, 0.25) is 0 Å². The molecular formula is C66H66N6O11S4. The standard InChI is InChI=1S/C17H17NO3S.C17H17NO2S.2C16H16N2O3S/c1-21-17(19)14-8-6-13(7-9-14)12-18-10-11-22(20)16-5-3-2-4-15(16)18;1-20-17(19)14-8-6-13(7-9-14)12-18-10-11-21-16-5-3-2-4-15(16)18;2*19-16(17-20)13-7-5-12(6-8-13)11-18-9-10-22(21)15-4-2-1-3-14(15)18/h2-9H,10-12H2,1H3;2-9H,10-12H2,1H3;2*1-8,20H,9-11H2,(H,17,19). The van der Waals surface area contributed by atoms with Gasteiger partial charge in [0.1, 0.15) is 0 Å². The molecule has 3 atom stereocenters. The first-order chi connectivity index (χ1) is 42.3. The smallest absolute Gasteiger partial charge is 0.337 e. The van der Waals surface area contributed by atoms with Crippen LogP contribution in [0, 0.1) is 0 Å². The fourth-order valence-electron chi connectivity index (χ4n) is 10.1. The summed E-state index contributed by atoms with van der Waals surface area (Å²) < 4.78 is 45.6. The number of fused-ring (bicyclic) bond motifs is 4. The summed E-state index contributed by atoms with van der Waals surface area (Å²) in [6.07, 6.45) is 0. The summed E-state index contributed by atoms with van der Waals surface area (Å²) in [5.74, 6) is 1.35. The number of esters is 2. The number of benzene rings is 8. The predicted molar refractivity (Wildman–Crippen MR) is 341 cm³/mol. The first kappa shape index (κ1) is 63.1. The molecule has 21 heteroatoms. The lowest BCUT2D eigenvalue weighted by Gasteiger charge is -2.30. The van der Waals surface area contributed by atoms with Crippen LogP contribution in [0.5, 0.6) is 0 Å². The third kappa shape index (κ3) is 16.4. The maximum atomic E-state index is 12.1. The molecular weight excluding hydrogens is 1180 g/mol. The molecule has 0 aromatic heterocycles. The van der Waals surface area contributed by atoms with Crippen LogP contribution in [0.2, 0.25) is 0 Å². The largest absolute Gasteiger partial charge is 0.465 e. The Morgan fingerprint density at radius 1 is 0.402 bits per heavy atom. The number of ether oxygens (including phenoxy) is 2. The van der Waals surface area contributed by atoms with Crippen molar-refractivity contribution in [2.24, 2.45) is 0 Å². The molecule has 12 rings (SSSR count). The van der Waals surface area contributed by atoms with Crippen molar-refractivity contribution in [1.29, 1.82) is 0 Å². The lowest BCUT2D eigenvalue weighted by atomic mass is 10.1. The van der Waals surface area contributed by atoms with Gasteiger partial charge in [0.25, 0.3) is 11.8 Å². The lowest BCUT2D eigenvalue weighted by Crippen LogP contribution is -2.32. The van der Waals surface area contributed by atoms with Gasteiger partial charge in [-0.15, -0.1) is 11.8 Å². The number of rotatable bonds is 12. The van der Waals surface area contributed by atoms with E-state index in [-0.39, 0.29) is 11.9 Å². The monoisotopic (exact) mass is 1250 g/mol. The molecule has 4 heterocycles. The number of amides is 2. The Balaban J connectivity index is 0.000000138. The number of hydrogen-bond acceptors (Lipinski definition) is 16. The highest BCUT2D eigenvalue weighted by molar-refractivity contribution is 7.99. The van der Waals surface area contributed by atoms with E-state index in [0.29, 0.717) is 52.6 Å². The van der Waals surface area contributed by atoms with Crippen molar-refractivity contribution < 1.29 is 51.7 Å². The minimum absolute atomic E-state index is 0.290. The summed E-state index contributed by atoms with van der Waals surface area (Å²) in [5.41, 5.74) is 13.9. The average Bonchev–Trinajstić information content (AvgIpc) is 3.76. The quantitative estimate of drug-likeness (QED) is 0.0509. The predicted octanol–water partition coefficient (Wildman–Crippen LogP) is 10.1. The molecule has 0 fully saturated rings. The number of para-hydroxylation sites is 4. The van der Waals surface area contributed by atoms with Crippen molar-refractivity contribution in [2.45, 2.75) is 45.8 Å². The zero-order chi connectivity index (χ0) is 61.2. The number of anilines is 4. The van der Waals surface area contributed by atoms with E-state index in [1.165, 1.54) is 30.4 Å². The van der Waals surface area contributed by atoms with E-state index in [4.69, 9.17) is 19.9 Å². The Morgan fingerprint density at radius 2 is 0.690 bits per heavy atom. The van der Waals surface area contributed by atoms with E-state index in [0.717, 1.165) is 93.5 Å². The Kier molecular flexibility index (Phi) is 22.3. The van der Waals surface area contributed by atoms with E-state index >= 15 is 0 Å². The molecule has 8 aromatic rings. The van der Waals surface area contributed by atoms with Crippen molar-refractivity contribution in [1.82, 2.24) is 11.0 Å². The number of hydrogen-bond donors (Lipinski definition) is 4. The van der Waals surface area contributed by atoms with Crippen LogP contribution < -0.4 is 30.6 Å². The van der Waals surface area contributed by atoms with Crippen LogP contribution in [0.4, 0.5) is 22.7 Å². The molecule has 17 nitrogen and oxygen atoms in total. The number of thioether (sulfide) groups is 1. The number of nitrogens with one attached hydrogen (secondary N) is 2. The first-order valence-electron chi connectivity index (χ1n) is 27.9. The summed E-state index contributed by atoms with van der Waals surface area (Å²) in [7, 11) is 0.0149. The minimum atomic E-state index is -0.927. The van der Waals surface area contributed by atoms with Gasteiger partial charge >= 0.3 is 11.9 Å². The van der Waals surface area contributed by atoms with Crippen molar-refractivity contribution in [3.8, 4) is 0 Å². The van der Waals surface area contributed by atoms with Crippen LogP contribution in [0.1, 0.15) is 63.7 Å². The number of nitrogens with zero attached hydrogens (tertiary/aromatic N) is 4. The van der Waals surface area contributed by atoms with Crippen molar-refractivity contribution >= 4 is 90.7 Å². The SMILES string of the molecule is COC(=O)c1ccc(CN2CCS(=O)c3ccccc32)cc1.COC(=O)c1ccc(CN2CCSc3ccccc32)cc1.O=C(NO)c1ccc(CN2CCS(=O)c3ccccc32)cc1.O=C(NO)c1ccc(CN2CCS(=O)c3ccccc32)cc1. The highest BCUT2D eigenvalue weighted by Gasteiger charge is 2.25. The van der Waals surface area contributed by atoms with E-state index in [2.05, 4.69) is 43.9 Å². The highest BCUT2D eigenvalue weighted by Crippen LogP contribution is 2.36. The average molecular weight is 1250 g/mol. The normalized spacial score (nSPS) is 16.2. The van der Waals surface area contributed by atoms with Crippen LogP contribution >= 0.6 is 11.8 Å². The number of carbonyl (C=O) groups is 4. The Morgan fingerprint density at radius 3 is 1.01 bits per heavy atom. The molecule has 2 amide bonds. The van der Waals surface area contributed by atoms with Gasteiger partial charge < -0.3 is 29.1 Å². The summed E-state index contributed by atoms with van der Waals surface area (Å²) in [6.45, 7) is 6.26. The molecule has 4 aliphatic heterocycles. The molecule has 0 saturated carbocycles. The molecule has 4 aliphatic rings. The van der Waals surface area contributed by atoms with Crippen LogP contribution in [-0.2, 0) is 68.1 Å². The molecule has 450 valence electrons. The van der Waals surface area contributed by atoms with Crippen molar-refractivity contribution in [3.05, 3.63) is 239 Å². The fraction of sp³-hybridized carbons (Fsp3) is 0.212. The van der Waals surface area contributed by atoms with Gasteiger partial charge in [-0.05, 0) is 119 Å². The van der Waals surface area contributed by atoms with Gasteiger partial charge in [-0.2, -0.15) is 0 Å². The molecule has 87 heavy (non-hydrogen) atoms. The van der Waals surface area contributed by atoms with Crippen molar-refractivity contribution in [3.63, 3.8) is 0 Å². The maximum Gasteiger partial charge on any atom is 0.337 e. The molecule has 0 aliphatic carbocycles. The van der Waals surface area contributed by atoms with E-state index in [1.807, 2.05) is 145 Å². The Hall–Kier alpha value is -8.44. The van der Waals surface area contributed by atoms with Crippen LogP contribution in [0.25, 0.3) is 0 Å². The second-order valence-corrected chi connectivity index (χ2v) is 26.0. The van der Waals surface area contributed by atoms with Crippen LogP contribution in [0.15, 0.2) is 214 Å². The molecule has 0 spiro atoms. The zero-order valence-corrected chi connectivity index (χ0v) is 51.2. The van der Waals surface area contributed by atoms with E-state index in [1.54, 1.807) is 47.4 Å². The van der Waals surface area contributed by atoms with Gasteiger partial charge in [0.15, 0.2) is 0 Å². The highest BCUT2D eigenvalue weighted by atomic mass is 32.2. The second-order valence-electron chi connectivity index (χ2n) is 20.2. The Bertz CT molecular complexity index is 3470. The Labute approximate surface area is 517 Å².